The molecule has 1 atom stereocenters. The molecule has 1 amide bonds. The molecule has 0 spiro atoms. The van der Waals surface area contributed by atoms with Crippen LogP contribution in [-0.4, -0.2) is 38.8 Å². The Morgan fingerprint density at radius 1 is 1.23 bits per heavy atom. The van der Waals surface area contributed by atoms with Gasteiger partial charge < -0.3 is 24.5 Å². The molecule has 0 aliphatic carbocycles. The van der Waals surface area contributed by atoms with Gasteiger partial charge >= 0.3 is 0 Å². The van der Waals surface area contributed by atoms with E-state index < -0.39 is 0 Å². The van der Waals surface area contributed by atoms with Gasteiger partial charge in [-0.05, 0) is 25.0 Å². The van der Waals surface area contributed by atoms with E-state index in [9.17, 15) is 4.79 Å². The maximum absolute atomic E-state index is 12.3. The van der Waals surface area contributed by atoms with Crippen LogP contribution in [0.1, 0.15) is 12.8 Å². The van der Waals surface area contributed by atoms with Crippen molar-refractivity contribution in [1.82, 2.24) is 5.32 Å². The van der Waals surface area contributed by atoms with Crippen molar-refractivity contribution in [3.63, 3.8) is 0 Å². The minimum absolute atomic E-state index is 0.128. The number of para-hydroxylation sites is 1. The number of carbonyl (C=O) groups is 1. The van der Waals surface area contributed by atoms with Crippen LogP contribution >= 0.6 is 0 Å². The molecule has 2 N–H and O–H groups in total. The van der Waals surface area contributed by atoms with Gasteiger partial charge in [0.15, 0.2) is 0 Å². The first-order valence-electron chi connectivity index (χ1n) is 8.86. The van der Waals surface area contributed by atoms with E-state index in [-0.39, 0.29) is 18.6 Å². The highest BCUT2D eigenvalue weighted by atomic mass is 16.5. The summed E-state index contributed by atoms with van der Waals surface area (Å²) in [7, 11) is 1.59. The summed E-state index contributed by atoms with van der Waals surface area (Å²) >= 11 is 0. The first kappa shape index (κ1) is 16.9. The van der Waals surface area contributed by atoms with Gasteiger partial charge in [0.05, 0.1) is 25.4 Å². The molecule has 3 aromatic rings. The lowest BCUT2D eigenvalue weighted by Crippen LogP contribution is -2.33. The number of anilines is 1. The Morgan fingerprint density at radius 2 is 2.12 bits per heavy atom. The number of furan rings is 1. The molecule has 2 heterocycles. The monoisotopic (exact) mass is 354 g/mol. The van der Waals surface area contributed by atoms with Crippen LogP contribution in [0.15, 0.2) is 40.8 Å². The lowest BCUT2D eigenvalue weighted by Gasteiger charge is -2.12. The summed E-state index contributed by atoms with van der Waals surface area (Å²) < 4.78 is 16.9. The second-order valence-electron chi connectivity index (χ2n) is 6.46. The molecule has 6 heteroatoms. The number of benzene rings is 2. The second-order valence-corrected chi connectivity index (χ2v) is 6.46. The Kier molecular flexibility index (Phi) is 4.77. The fraction of sp³-hybridized carbons (Fsp3) is 0.350. The van der Waals surface area contributed by atoms with Crippen LogP contribution in [0.25, 0.3) is 21.9 Å². The third kappa shape index (κ3) is 3.38. The van der Waals surface area contributed by atoms with Crippen LogP contribution in [0.2, 0.25) is 0 Å². The van der Waals surface area contributed by atoms with Crippen LogP contribution in [-0.2, 0) is 9.53 Å². The summed E-state index contributed by atoms with van der Waals surface area (Å²) in [5.41, 5.74) is 2.13. The van der Waals surface area contributed by atoms with E-state index in [0.29, 0.717) is 18.0 Å². The molecule has 1 fully saturated rings. The molecule has 6 nitrogen and oxygen atoms in total. The van der Waals surface area contributed by atoms with Crippen LogP contribution in [0.3, 0.4) is 0 Å². The minimum atomic E-state index is -0.128. The number of amides is 1. The van der Waals surface area contributed by atoms with Gasteiger partial charge in [-0.3, -0.25) is 4.79 Å². The SMILES string of the molecule is COc1cc2c(cc1NC(=O)CNCC1CCCO1)oc1ccccc12. The second kappa shape index (κ2) is 7.35. The summed E-state index contributed by atoms with van der Waals surface area (Å²) in [5.74, 6) is 0.480. The molecule has 0 radical (unpaired) electrons. The van der Waals surface area contributed by atoms with E-state index >= 15 is 0 Å². The topological polar surface area (TPSA) is 72.7 Å². The predicted molar refractivity (Wildman–Crippen MR) is 101 cm³/mol. The van der Waals surface area contributed by atoms with Crippen LogP contribution in [0.5, 0.6) is 5.75 Å². The van der Waals surface area contributed by atoms with Gasteiger partial charge in [-0.15, -0.1) is 0 Å². The predicted octanol–water partition coefficient (Wildman–Crippen LogP) is 3.30. The molecule has 1 aliphatic rings. The molecule has 0 saturated carbocycles. The van der Waals surface area contributed by atoms with Crippen molar-refractivity contribution in [2.45, 2.75) is 18.9 Å². The normalized spacial score (nSPS) is 17.0. The van der Waals surface area contributed by atoms with Gasteiger partial charge in [0.2, 0.25) is 5.91 Å². The van der Waals surface area contributed by atoms with Crippen molar-refractivity contribution in [2.75, 3.05) is 32.1 Å². The van der Waals surface area contributed by atoms with E-state index in [4.69, 9.17) is 13.9 Å². The number of methoxy groups -OCH3 is 1. The fourth-order valence-corrected chi connectivity index (χ4v) is 3.36. The quantitative estimate of drug-likeness (QED) is 0.711. The van der Waals surface area contributed by atoms with Gasteiger partial charge in [0.1, 0.15) is 16.9 Å². The van der Waals surface area contributed by atoms with E-state index in [1.54, 1.807) is 7.11 Å². The first-order valence-corrected chi connectivity index (χ1v) is 8.86. The highest BCUT2D eigenvalue weighted by Crippen LogP contribution is 2.36. The highest BCUT2D eigenvalue weighted by Gasteiger charge is 2.16. The summed E-state index contributed by atoms with van der Waals surface area (Å²) in [6.45, 7) is 1.72. The largest absolute Gasteiger partial charge is 0.495 e. The lowest BCUT2D eigenvalue weighted by molar-refractivity contribution is -0.115. The molecule has 1 aromatic heterocycles. The minimum Gasteiger partial charge on any atom is -0.495 e. The Morgan fingerprint density at radius 3 is 2.92 bits per heavy atom. The average molecular weight is 354 g/mol. The Balaban J connectivity index is 1.49. The van der Waals surface area contributed by atoms with Crippen molar-refractivity contribution in [1.29, 1.82) is 0 Å². The van der Waals surface area contributed by atoms with Gasteiger partial charge in [0, 0.05) is 30.0 Å². The number of nitrogens with one attached hydrogen (secondary N) is 2. The van der Waals surface area contributed by atoms with Crippen molar-refractivity contribution in [3.8, 4) is 5.75 Å². The van der Waals surface area contributed by atoms with E-state index in [2.05, 4.69) is 10.6 Å². The fourth-order valence-electron chi connectivity index (χ4n) is 3.36. The van der Waals surface area contributed by atoms with E-state index in [1.165, 1.54) is 0 Å². The number of hydrogen-bond donors (Lipinski definition) is 2. The molecular formula is C20H22N2O4. The van der Waals surface area contributed by atoms with Gasteiger partial charge in [-0.25, -0.2) is 0 Å². The zero-order valence-electron chi connectivity index (χ0n) is 14.7. The molecular weight excluding hydrogens is 332 g/mol. The zero-order chi connectivity index (χ0) is 17.9. The molecule has 1 unspecified atom stereocenters. The number of rotatable bonds is 6. The highest BCUT2D eigenvalue weighted by molar-refractivity contribution is 6.07. The lowest BCUT2D eigenvalue weighted by atomic mass is 10.1. The standard InChI is InChI=1S/C20H22N2O4/c1-24-19-9-15-14-6-2-3-7-17(14)26-18(15)10-16(19)22-20(23)12-21-11-13-5-4-8-25-13/h2-3,6-7,9-10,13,21H,4-5,8,11-12H2,1H3,(H,22,23). The molecule has 136 valence electrons. The van der Waals surface area contributed by atoms with Crippen molar-refractivity contribution < 1.29 is 18.7 Å². The third-order valence-corrected chi connectivity index (χ3v) is 4.65. The number of ether oxygens (including phenoxy) is 2. The summed E-state index contributed by atoms with van der Waals surface area (Å²) in [6, 6.07) is 11.6. The first-order chi connectivity index (χ1) is 12.7. The zero-order valence-corrected chi connectivity index (χ0v) is 14.7. The maximum Gasteiger partial charge on any atom is 0.238 e. The number of fused-ring (bicyclic) bond motifs is 3. The Bertz CT molecular complexity index is 928. The molecule has 2 aromatic carbocycles. The Labute approximate surface area is 151 Å². The molecule has 4 rings (SSSR count). The molecule has 1 aliphatic heterocycles. The van der Waals surface area contributed by atoms with Crippen molar-refractivity contribution in [2.24, 2.45) is 0 Å². The van der Waals surface area contributed by atoms with Gasteiger partial charge in [-0.2, -0.15) is 0 Å². The smallest absolute Gasteiger partial charge is 0.238 e. The van der Waals surface area contributed by atoms with Gasteiger partial charge in [0.25, 0.3) is 0 Å². The Hall–Kier alpha value is -2.57. The van der Waals surface area contributed by atoms with Crippen LogP contribution in [0.4, 0.5) is 5.69 Å². The van der Waals surface area contributed by atoms with Crippen molar-refractivity contribution >= 4 is 33.5 Å². The van der Waals surface area contributed by atoms with Crippen molar-refractivity contribution in [3.05, 3.63) is 36.4 Å². The molecule has 26 heavy (non-hydrogen) atoms. The summed E-state index contributed by atoms with van der Waals surface area (Å²) in [4.78, 5) is 12.3. The number of carbonyl (C=O) groups excluding carboxylic acids is 1. The number of hydrogen-bond acceptors (Lipinski definition) is 5. The summed E-state index contributed by atoms with van der Waals surface area (Å²) in [5, 5.41) is 8.03. The average Bonchev–Trinajstić information content (AvgIpc) is 3.28. The molecule has 1 saturated heterocycles. The maximum atomic E-state index is 12.3. The summed E-state index contributed by atoms with van der Waals surface area (Å²) in [6.07, 6.45) is 2.35. The van der Waals surface area contributed by atoms with Gasteiger partial charge in [-0.1, -0.05) is 18.2 Å². The van der Waals surface area contributed by atoms with Crippen LogP contribution < -0.4 is 15.4 Å². The third-order valence-electron chi connectivity index (χ3n) is 4.65. The van der Waals surface area contributed by atoms with Crippen LogP contribution in [0, 0.1) is 0 Å². The molecule has 0 bridgehead atoms. The van der Waals surface area contributed by atoms with E-state index in [1.807, 2.05) is 36.4 Å². The van der Waals surface area contributed by atoms with E-state index in [0.717, 1.165) is 41.4 Å².